The molecule has 0 spiro atoms. The molecule has 4 rings (SSSR count). The normalized spacial score (nSPS) is 14.8. The summed E-state index contributed by atoms with van der Waals surface area (Å²) in [6.45, 7) is 3.00. The molecule has 0 unspecified atom stereocenters. The molecule has 1 fully saturated rings. The number of nitrogens with one attached hydrogen (secondary N) is 2. The van der Waals surface area contributed by atoms with Crippen LogP contribution < -0.4 is 10.7 Å². The van der Waals surface area contributed by atoms with Crippen LogP contribution in [-0.4, -0.2) is 60.1 Å². The van der Waals surface area contributed by atoms with E-state index in [1.807, 2.05) is 0 Å². The van der Waals surface area contributed by atoms with Gasteiger partial charge in [-0.25, -0.2) is 17.5 Å². The van der Waals surface area contributed by atoms with E-state index in [9.17, 15) is 12.8 Å². The van der Waals surface area contributed by atoms with E-state index in [0.717, 1.165) is 0 Å². The zero-order valence-corrected chi connectivity index (χ0v) is 22.1. The molecule has 1 aliphatic heterocycles. The predicted molar refractivity (Wildman–Crippen MR) is 141 cm³/mol. The molecule has 1 saturated heterocycles. The van der Waals surface area contributed by atoms with Crippen LogP contribution in [0.1, 0.15) is 11.3 Å². The second-order valence-corrected chi connectivity index (χ2v) is 10.8. The molecule has 0 radical (unpaired) electrons. The van der Waals surface area contributed by atoms with Gasteiger partial charge in [-0.1, -0.05) is 23.2 Å². The molecule has 1 aliphatic rings. The van der Waals surface area contributed by atoms with E-state index in [2.05, 4.69) is 20.9 Å². The summed E-state index contributed by atoms with van der Waals surface area (Å²) in [5, 5.41) is 12.0. The first-order valence-corrected chi connectivity index (χ1v) is 13.3. The number of halogens is 3. The van der Waals surface area contributed by atoms with Crippen molar-refractivity contribution in [2.75, 3.05) is 31.6 Å². The SMILES string of the molecule is Cc1nn(-c2ccc(F)cc2)c(Cl)c1C=NNC(=S)Nc1cc(S(=O)(=O)N2CCOCC2)ccc1Cl. The Labute approximate surface area is 222 Å². The van der Waals surface area contributed by atoms with Crippen LogP contribution in [-0.2, 0) is 14.8 Å². The summed E-state index contributed by atoms with van der Waals surface area (Å²) in [6.07, 6.45) is 1.44. The van der Waals surface area contributed by atoms with Crippen molar-refractivity contribution < 1.29 is 17.5 Å². The van der Waals surface area contributed by atoms with Crippen LogP contribution in [0.25, 0.3) is 5.69 Å². The average Bonchev–Trinajstić information content (AvgIpc) is 3.14. The molecular formula is C22H21Cl2FN6O3S2. The lowest BCUT2D eigenvalue weighted by Crippen LogP contribution is -2.40. The van der Waals surface area contributed by atoms with Crippen molar-refractivity contribution in [1.29, 1.82) is 0 Å². The fraction of sp³-hybridized carbons (Fsp3) is 0.227. The Kier molecular flexibility index (Phi) is 8.23. The van der Waals surface area contributed by atoms with Crippen LogP contribution in [0.2, 0.25) is 10.2 Å². The number of anilines is 1. The Morgan fingerprint density at radius 2 is 1.89 bits per heavy atom. The smallest absolute Gasteiger partial charge is 0.243 e. The molecular weight excluding hydrogens is 550 g/mol. The fourth-order valence-electron chi connectivity index (χ4n) is 3.41. The van der Waals surface area contributed by atoms with Gasteiger partial charge in [-0.3, -0.25) is 5.43 Å². The summed E-state index contributed by atoms with van der Waals surface area (Å²) in [5.74, 6) is -0.366. The quantitative estimate of drug-likeness (QED) is 0.263. The van der Waals surface area contributed by atoms with Gasteiger partial charge in [0.15, 0.2) is 5.11 Å². The number of nitrogens with zero attached hydrogens (tertiary/aromatic N) is 4. The van der Waals surface area contributed by atoms with Crippen molar-refractivity contribution in [3.05, 3.63) is 69.7 Å². The van der Waals surface area contributed by atoms with Gasteiger partial charge in [0, 0.05) is 13.1 Å². The Bertz CT molecular complexity index is 1410. The molecule has 36 heavy (non-hydrogen) atoms. The van der Waals surface area contributed by atoms with E-state index in [0.29, 0.717) is 35.8 Å². The third kappa shape index (κ3) is 5.85. The Morgan fingerprint density at radius 1 is 1.19 bits per heavy atom. The van der Waals surface area contributed by atoms with Crippen molar-refractivity contribution in [2.45, 2.75) is 11.8 Å². The first-order chi connectivity index (χ1) is 17.2. The third-order valence-corrected chi connectivity index (χ3v) is 8.05. The summed E-state index contributed by atoms with van der Waals surface area (Å²) in [5.41, 5.74) is 4.68. The number of hydrazone groups is 1. The van der Waals surface area contributed by atoms with E-state index >= 15 is 0 Å². The van der Waals surface area contributed by atoms with Gasteiger partial charge in [-0.15, -0.1) is 0 Å². The Balaban J connectivity index is 1.45. The number of aryl methyl sites for hydroxylation is 1. The molecule has 0 saturated carbocycles. The molecule has 190 valence electrons. The van der Waals surface area contributed by atoms with Crippen LogP contribution in [0.4, 0.5) is 10.1 Å². The van der Waals surface area contributed by atoms with Gasteiger partial charge in [0.05, 0.1) is 52.0 Å². The van der Waals surface area contributed by atoms with Gasteiger partial charge in [0.1, 0.15) is 11.0 Å². The zero-order valence-electron chi connectivity index (χ0n) is 18.9. The van der Waals surface area contributed by atoms with Crippen molar-refractivity contribution in [1.82, 2.24) is 19.5 Å². The lowest BCUT2D eigenvalue weighted by molar-refractivity contribution is 0.0730. The van der Waals surface area contributed by atoms with Crippen LogP contribution in [0.5, 0.6) is 0 Å². The lowest BCUT2D eigenvalue weighted by atomic mass is 10.3. The first kappa shape index (κ1) is 26.5. The number of aromatic nitrogens is 2. The number of hydrogen-bond acceptors (Lipinski definition) is 6. The number of sulfonamides is 1. The van der Waals surface area contributed by atoms with Gasteiger partial charge in [-0.2, -0.15) is 14.5 Å². The van der Waals surface area contributed by atoms with Crippen LogP contribution in [0.15, 0.2) is 52.5 Å². The molecule has 9 nitrogen and oxygen atoms in total. The number of morpholine rings is 1. The van der Waals surface area contributed by atoms with Gasteiger partial charge >= 0.3 is 0 Å². The minimum atomic E-state index is -3.71. The maximum Gasteiger partial charge on any atom is 0.243 e. The Morgan fingerprint density at radius 3 is 2.58 bits per heavy atom. The molecule has 0 bridgehead atoms. The van der Waals surface area contributed by atoms with E-state index < -0.39 is 10.0 Å². The van der Waals surface area contributed by atoms with Crippen LogP contribution >= 0.6 is 35.4 Å². The van der Waals surface area contributed by atoms with Gasteiger partial charge in [-0.05, 0) is 61.6 Å². The highest BCUT2D eigenvalue weighted by Crippen LogP contribution is 2.27. The number of thiocarbonyl (C=S) groups is 1. The molecule has 1 aromatic heterocycles. The van der Waals surface area contributed by atoms with Gasteiger partial charge in [0.25, 0.3) is 0 Å². The van der Waals surface area contributed by atoms with Crippen molar-refractivity contribution >= 4 is 62.5 Å². The van der Waals surface area contributed by atoms with E-state index in [4.69, 9.17) is 40.2 Å². The third-order valence-electron chi connectivity index (χ3n) is 5.27. The number of ether oxygens (including phenoxy) is 1. The van der Waals surface area contributed by atoms with E-state index in [1.165, 1.54) is 45.5 Å². The number of hydrogen-bond donors (Lipinski definition) is 2. The topological polar surface area (TPSA) is 101 Å². The minimum Gasteiger partial charge on any atom is -0.379 e. The fourth-order valence-corrected chi connectivity index (χ4v) is 5.50. The monoisotopic (exact) mass is 570 g/mol. The predicted octanol–water partition coefficient (Wildman–Crippen LogP) is 3.97. The maximum atomic E-state index is 13.2. The van der Waals surface area contributed by atoms with Gasteiger partial charge < -0.3 is 10.1 Å². The van der Waals surface area contributed by atoms with Crippen LogP contribution in [0.3, 0.4) is 0 Å². The largest absolute Gasteiger partial charge is 0.379 e. The molecule has 0 amide bonds. The highest BCUT2D eigenvalue weighted by molar-refractivity contribution is 7.89. The van der Waals surface area contributed by atoms with E-state index in [1.54, 1.807) is 19.1 Å². The standard InChI is InChI=1S/C22H21Cl2FN6O3S2/c1-14-18(21(24)31(29-14)16-4-2-15(25)3-5-16)13-26-28-22(35)27-20-12-17(6-7-19(20)23)36(32,33)30-8-10-34-11-9-30/h2-7,12-13H,8-11H2,1H3,(H2,27,28,35). The van der Waals surface area contributed by atoms with Crippen molar-refractivity contribution in [2.24, 2.45) is 5.10 Å². The van der Waals surface area contributed by atoms with Gasteiger partial charge in [0.2, 0.25) is 10.0 Å². The molecule has 2 N–H and O–H groups in total. The lowest BCUT2D eigenvalue weighted by Gasteiger charge is -2.26. The second-order valence-electron chi connectivity index (χ2n) is 7.66. The Hall–Kier alpha value is -2.61. The molecule has 0 atom stereocenters. The summed E-state index contributed by atoms with van der Waals surface area (Å²) in [4.78, 5) is 0.0817. The van der Waals surface area contributed by atoms with E-state index in [-0.39, 0.29) is 39.1 Å². The molecule has 2 heterocycles. The van der Waals surface area contributed by atoms with Crippen LogP contribution in [0, 0.1) is 12.7 Å². The minimum absolute atomic E-state index is 0.0776. The molecule has 0 aliphatic carbocycles. The highest BCUT2D eigenvalue weighted by Gasteiger charge is 2.27. The molecule has 14 heteroatoms. The maximum absolute atomic E-state index is 13.2. The number of rotatable bonds is 6. The zero-order chi connectivity index (χ0) is 25.9. The van der Waals surface area contributed by atoms with Crippen molar-refractivity contribution in [3.63, 3.8) is 0 Å². The highest BCUT2D eigenvalue weighted by atomic mass is 35.5. The summed E-state index contributed by atoms with van der Waals surface area (Å²) in [6, 6.07) is 10.1. The molecule has 3 aromatic rings. The summed E-state index contributed by atoms with van der Waals surface area (Å²) >= 11 is 18.0. The number of benzene rings is 2. The summed E-state index contributed by atoms with van der Waals surface area (Å²) < 4.78 is 47.2. The second kappa shape index (κ2) is 11.2. The average molecular weight is 571 g/mol. The molecule has 2 aromatic carbocycles. The summed E-state index contributed by atoms with van der Waals surface area (Å²) in [7, 11) is -3.71. The first-order valence-electron chi connectivity index (χ1n) is 10.7. The van der Waals surface area contributed by atoms with Crippen molar-refractivity contribution in [3.8, 4) is 5.69 Å².